The van der Waals surface area contributed by atoms with Crippen LogP contribution in [0.4, 0.5) is 5.69 Å². The zero-order chi connectivity index (χ0) is 19.7. The summed E-state index contributed by atoms with van der Waals surface area (Å²) < 4.78 is 22.7. The molecule has 2 aliphatic rings. The van der Waals surface area contributed by atoms with E-state index in [1.807, 2.05) is 6.07 Å². The van der Waals surface area contributed by atoms with Gasteiger partial charge in [-0.15, -0.1) is 0 Å². The van der Waals surface area contributed by atoms with Crippen LogP contribution < -0.4 is 5.73 Å². The van der Waals surface area contributed by atoms with Gasteiger partial charge in [0.2, 0.25) is 0 Å². The minimum atomic E-state index is -2.89. The van der Waals surface area contributed by atoms with Crippen LogP contribution in [0.15, 0.2) is 18.2 Å². The molecule has 6 heteroatoms. The number of rotatable bonds is 5. The molecule has 0 atom stereocenters. The SMILES string of the molecule is CC1(C)CC=C(c2nc(C3CCN(CCS(C)(=O)=O)CC3)ccc2N)CC1. The number of allylic oxidation sites excluding steroid dienone is 2. The Morgan fingerprint density at radius 2 is 1.96 bits per heavy atom. The first-order chi connectivity index (χ1) is 12.6. The fourth-order valence-electron chi connectivity index (χ4n) is 4.01. The van der Waals surface area contributed by atoms with Gasteiger partial charge in [-0.05, 0) is 68.3 Å². The number of nitrogen functional groups attached to an aromatic ring is 1. The van der Waals surface area contributed by atoms with Crippen LogP contribution in [0.1, 0.15) is 63.3 Å². The summed E-state index contributed by atoms with van der Waals surface area (Å²) in [6, 6.07) is 4.08. The second kappa shape index (κ2) is 7.92. The van der Waals surface area contributed by atoms with Crippen LogP contribution in [-0.2, 0) is 9.84 Å². The lowest BCUT2D eigenvalue weighted by Crippen LogP contribution is -2.36. The number of hydrogen-bond donors (Lipinski definition) is 1. The Balaban J connectivity index is 1.66. The van der Waals surface area contributed by atoms with Gasteiger partial charge in [0, 0.05) is 24.4 Å². The number of nitrogens with zero attached hydrogens (tertiary/aromatic N) is 2. The van der Waals surface area contributed by atoms with Gasteiger partial charge in [0.1, 0.15) is 9.84 Å². The summed E-state index contributed by atoms with van der Waals surface area (Å²) in [6.07, 6.45) is 8.95. The van der Waals surface area contributed by atoms with Crippen LogP contribution in [0.5, 0.6) is 0 Å². The number of sulfone groups is 1. The van der Waals surface area contributed by atoms with E-state index < -0.39 is 9.84 Å². The summed E-state index contributed by atoms with van der Waals surface area (Å²) in [5.41, 5.74) is 10.8. The maximum Gasteiger partial charge on any atom is 0.148 e. The van der Waals surface area contributed by atoms with Crippen LogP contribution in [0.2, 0.25) is 0 Å². The molecule has 1 aliphatic heterocycles. The van der Waals surface area contributed by atoms with E-state index >= 15 is 0 Å². The molecular weight excluding hydrogens is 358 g/mol. The Morgan fingerprint density at radius 3 is 2.56 bits per heavy atom. The molecule has 1 aliphatic carbocycles. The summed E-state index contributed by atoms with van der Waals surface area (Å²) in [5.74, 6) is 0.673. The van der Waals surface area contributed by atoms with Gasteiger partial charge >= 0.3 is 0 Å². The molecule has 1 fully saturated rings. The van der Waals surface area contributed by atoms with Crippen molar-refractivity contribution in [3.8, 4) is 0 Å². The summed E-state index contributed by atoms with van der Waals surface area (Å²) in [4.78, 5) is 7.22. The van der Waals surface area contributed by atoms with Crippen molar-refractivity contribution in [1.29, 1.82) is 0 Å². The van der Waals surface area contributed by atoms with Crippen molar-refractivity contribution in [2.45, 2.75) is 51.9 Å². The standard InChI is InChI=1S/C21H33N3O2S/c1-21(2)10-6-17(7-11-21)20-18(22)4-5-19(23-20)16-8-12-24(13-9-16)14-15-27(3,25)26/h4-6,16H,7-15,22H2,1-3H3. The zero-order valence-corrected chi connectivity index (χ0v) is 17.7. The predicted octanol–water partition coefficient (Wildman–Crippen LogP) is 3.48. The lowest BCUT2D eigenvalue weighted by molar-refractivity contribution is 0.221. The van der Waals surface area contributed by atoms with Crippen molar-refractivity contribution in [2.24, 2.45) is 5.41 Å². The smallest absolute Gasteiger partial charge is 0.148 e. The maximum atomic E-state index is 11.4. The van der Waals surface area contributed by atoms with E-state index in [0.29, 0.717) is 17.9 Å². The summed E-state index contributed by atoms with van der Waals surface area (Å²) >= 11 is 0. The molecule has 0 spiro atoms. The molecule has 5 nitrogen and oxygen atoms in total. The molecule has 150 valence electrons. The van der Waals surface area contributed by atoms with E-state index in [-0.39, 0.29) is 5.75 Å². The molecule has 2 heterocycles. The zero-order valence-electron chi connectivity index (χ0n) is 16.9. The molecule has 1 aromatic rings. The van der Waals surface area contributed by atoms with Gasteiger partial charge in [-0.25, -0.2) is 8.42 Å². The fourth-order valence-corrected chi connectivity index (χ4v) is 4.60. The summed E-state index contributed by atoms with van der Waals surface area (Å²) in [7, 11) is -2.89. The average Bonchev–Trinajstić information content (AvgIpc) is 2.61. The molecule has 0 amide bonds. The van der Waals surface area contributed by atoms with Crippen molar-refractivity contribution < 1.29 is 8.42 Å². The number of nitrogens with two attached hydrogens (primary N) is 1. The molecule has 1 saturated heterocycles. The third-order valence-corrected chi connectivity index (χ3v) is 6.93. The first-order valence-electron chi connectivity index (χ1n) is 9.99. The van der Waals surface area contributed by atoms with Crippen molar-refractivity contribution in [3.63, 3.8) is 0 Å². The first kappa shape index (κ1) is 20.3. The minimum absolute atomic E-state index is 0.242. The molecular formula is C21H33N3O2S. The van der Waals surface area contributed by atoms with Crippen LogP contribution in [-0.4, -0.2) is 49.9 Å². The monoisotopic (exact) mass is 391 g/mol. The third-order valence-electron chi connectivity index (χ3n) is 6.01. The molecule has 2 N–H and O–H groups in total. The van der Waals surface area contributed by atoms with E-state index in [0.717, 1.165) is 55.8 Å². The average molecular weight is 392 g/mol. The maximum absolute atomic E-state index is 11.4. The number of aromatic nitrogens is 1. The quantitative estimate of drug-likeness (QED) is 0.831. The molecule has 1 aromatic heterocycles. The van der Waals surface area contributed by atoms with Crippen molar-refractivity contribution in [2.75, 3.05) is 37.4 Å². The number of likely N-dealkylation sites (tertiary alicyclic amines) is 1. The van der Waals surface area contributed by atoms with E-state index in [1.54, 1.807) is 0 Å². The van der Waals surface area contributed by atoms with Gasteiger partial charge in [-0.3, -0.25) is 4.98 Å². The van der Waals surface area contributed by atoms with E-state index in [9.17, 15) is 8.42 Å². The highest BCUT2D eigenvalue weighted by Crippen LogP contribution is 2.39. The van der Waals surface area contributed by atoms with Crippen molar-refractivity contribution >= 4 is 21.1 Å². The van der Waals surface area contributed by atoms with Gasteiger partial charge in [0.25, 0.3) is 0 Å². The van der Waals surface area contributed by atoms with Gasteiger partial charge in [0.05, 0.1) is 17.1 Å². The summed E-state index contributed by atoms with van der Waals surface area (Å²) in [6.45, 7) is 7.11. The van der Waals surface area contributed by atoms with Crippen molar-refractivity contribution in [1.82, 2.24) is 9.88 Å². The largest absolute Gasteiger partial charge is 0.397 e. The van der Waals surface area contributed by atoms with Gasteiger partial charge in [-0.2, -0.15) is 0 Å². The lowest BCUT2D eigenvalue weighted by atomic mass is 9.77. The van der Waals surface area contributed by atoms with Gasteiger partial charge in [-0.1, -0.05) is 19.9 Å². The number of anilines is 1. The van der Waals surface area contributed by atoms with Crippen LogP contribution in [0.25, 0.3) is 5.57 Å². The Morgan fingerprint density at radius 1 is 1.26 bits per heavy atom. The van der Waals surface area contributed by atoms with Gasteiger partial charge < -0.3 is 10.6 Å². The Labute approximate surface area is 164 Å². The second-order valence-electron chi connectivity index (χ2n) is 9.02. The highest BCUT2D eigenvalue weighted by molar-refractivity contribution is 7.90. The Hall–Kier alpha value is -1.40. The van der Waals surface area contributed by atoms with Crippen LogP contribution in [0.3, 0.4) is 0 Å². The van der Waals surface area contributed by atoms with Crippen LogP contribution in [0, 0.1) is 5.41 Å². The topological polar surface area (TPSA) is 76.3 Å². The Kier molecular flexibility index (Phi) is 5.96. The highest BCUT2D eigenvalue weighted by atomic mass is 32.2. The van der Waals surface area contributed by atoms with Crippen molar-refractivity contribution in [3.05, 3.63) is 29.6 Å². The molecule has 0 radical (unpaired) electrons. The minimum Gasteiger partial charge on any atom is -0.397 e. The van der Waals surface area contributed by atoms with Crippen LogP contribution >= 0.6 is 0 Å². The number of pyridine rings is 1. The number of hydrogen-bond acceptors (Lipinski definition) is 5. The third kappa shape index (κ3) is 5.55. The van der Waals surface area contributed by atoms with E-state index in [2.05, 4.69) is 30.9 Å². The number of piperidine rings is 1. The summed E-state index contributed by atoms with van der Waals surface area (Å²) in [5, 5.41) is 0. The fraction of sp³-hybridized carbons (Fsp3) is 0.667. The van der Waals surface area contributed by atoms with Gasteiger partial charge in [0.15, 0.2) is 0 Å². The molecule has 0 bridgehead atoms. The molecule has 27 heavy (non-hydrogen) atoms. The normalized spacial score (nSPS) is 21.8. The van der Waals surface area contributed by atoms with E-state index in [4.69, 9.17) is 10.7 Å². The first-order valence-corrected chi connectivity index (χ1v) is 12.0. The Bertz CT molecular complexity index is 807. The van der Waals surface area contributed by atoms with E-state index in [1.165, 1.54) is 18.2 Å². The predicted molar refractivity (Wildman–Crippen MR) is 112 cm³/mol. The molecule has 0 saturated carbocycles. The molecule has 0 unspecified atom stereocenters. The molecule has 3 rings (SSSR count). The molecule has 0 aromatic carbocycles. The second-order valence-corrected chi connectivity index (χ2v) is 11.3. The lowest BCUT2D eigenvalue weighted by Gasteiger charge is -2.32. The highest BCUT2D eigenvalue weighted by Gasteiger charge is 2.26.